The highest BCUT2D eigenvalue weighted by Crippen LogP contribution is 1.79. The van der Waals surface area contributed by atoms with E-state index in [1.807, 2.05) is 0 Å². The van der Waals surface area contributed by atoms with E-state index in [2.05, 4.69) is 5.32 Å². The van der Waals surface area contributed by atoms with Crippen molar-refractivity contribution in [3.63, 3.8) is 0 Å². The molecular weight excluding hydrogens is 137 g/mol. The van der Waals surface area contributed by atoms with E-state index in [4.69, 9.17) is 10.2 Å². The predicted octanol–water partition coefficient (Wildman–Crippen LogP) is -0.711. The number of hydrogen-bond donors (Lipinski definition) is 3. The molecule has 0 aromatic heterocycles. The average Bonchev–Trinajstić information content (AvgIpc) is 1.98. The number of halogens is 1. The highest BCUT2D eigenvalue weighted by atomic mass is 19.1. The van der Waals surface area contributed by atoms with E-state index in [0.29, 0.717) is 19.5 Å². The first-order valence-corrected chi connectivity index (χ1v) is 3.37. The van der Waals surface area contributed by atoms with Crippen LogP contribution in [0.3, 0.4) is 0 Å². The van der Waals surface area contributed by atoms with Gasteiger partial charge in [0.1, 0.15) is 0 Å². The summed E-state index contributed by atoms with van der Waals surface area (Å²) < 4.78 is 11.4. The molecule has 0 radical (unpaired) electrons. The van der Waals surface area contributed by atoms with Crippen LogP contribution in [-0.4, -0.2) is 42.7 Å². The Morgan fingerprint density at radius 3 is 2.70 bits per heavy atom. The minimum Gasteiger partial charge on any atom is -0.394 e. The average molecular weight is 151 g/mol. The number of nitrogens with one attached hydrogen (secondary N) is 1. The Morgan fingerprint density at radius 2 is 2.20 bits per heavy atom. The lowest BCUT2D eigenvalue weighted by molar-refractivity contribution is 0.0944. The zero-order chi connectivity index (χ0) is 7.82. The van der Waals surface area contributed by atoms with Crippen LogP contribution in [0, 0.1) is 0 Å². The summed E-state index contributed by atoms with van der Waals surface area (Å²) >= 11 is 0. The third kappa shape index (κ3) is 5.94. The minimum absolute atomic E-state index is 0.247. The van der Waals surface area contributed by atoms with Crippen molar-refractivity contribution in [2.24, 2.45) is 0 Å². The minimum atomic E-state index is -0.723. The molecule has 62 valence electrons. The summed E-state index contributed by atoms with van der Waals surface area (Å²) in [6.45, 7) is 0.287. The second kappa shape index (κ2) is 6.92. The lowest BCUT2D eigenvalue weighted by atomic mass is 10.3. The summed E-state index contributed by atoms with van der Waals surface area (Å²) in [6, 6.07) is 0. The molecule has 0 aliphatic rings. The van der Waals surface area contributed by atoms with Gasteiger partial charge in [0.05, 0.1) is 19.4 Å². The maximum absolute atomic E-state index is 11.4. The van der Waals surface area contributed by atoms with E-state index in [1.54, 1.807) is 0 Å². The van der Waals surface area contributed by atoms with Gasteiger partial charge in [0.15, 0.2) is 0 Å². The van der Waals surface area contributed by atoms with Crippen molar-refractivity contribution in [3.05, 3.63) is 0 Å². The van der Waals surface area contributed by atoms with Gasteiger partial charge >= 0.3 is 0 Å². The second-order valence-electron chi connectivity index (χ2n) is 2.08. The van der Waals surface area contributed by atoms with Gasteiger partial charge in [-0.05, 0) is 13.0 Å². The summed E-state index contributed by atoms with van der Waals surface area (Å²) in [5.41, 5.74) is 0. The van der Waals surface area contributed by atoms with Crippen molar-refractivity contribution in [1.82, 2.24) is 5.32 Å². The quantitative estimate of drug-likeness (QED) is 0.439. The first-order valence-electron chi connectivity index (χ1n) is 3.37. The topological polar surface area (TPSA) is 52.5 Å². The molecule has 0 aromatic carbocycles. The molecular formula is C6H14FNO2. The van der Waals surface area contributed by atoms with E-state index in [1.165, 1.54) is 0 Å². The Morgan fingerprint density at radius 1 is 1.50 bits per heavy atom. The van der Waals surface area contributed by atoms with E-state index in [9.17, 15) is 4.39 Å². The highest BCUT2D eigenvalue weighted by molar-refractivity contribution is 4.56. The van der Waals surface area contributed by atoms with Crippen molar-refractivity contribution in [3.8, 4) is 0 Å². The molecule has 0 saturated carbocycles. The molecule has 3 nitrogen and oxygen atoms in total. The molecule has 0 saturated heterocycles. The van der Waals surface area contributed by atoms with Gasteiger partial charge in [0, 0.05) is 6.54 Å². The van der Waals surface area contributed by atoms with Crippen LogP contribution in [0.15, 0.2) is 0 Å². The molecule has 3 N–H and O–H groups in total. The van der Waals surface area contributed by atoms with Crippen molar-refractivity contribution < 1.29 is 14.6 Å². The summed E-state index contributed by atoms with van der Waals surface area (Å²) in [5.74, 6) is 0. The Labute approximate surface area is 59.9 Å². The number of rotatable bonds is 6. The Balaban J connectivity index is 2.89. The zero-order valence-electron chi connectivity index (χ0n) is 5.89. The maximum Gasteiger partial charge on any atom is 0.0906 e. The van der Waals surface area contributed by atoms with Crippen molar-refractivity contribution in [2.75, 3.05) is 26.4 Å². The van der Waals surface area contributed by atoms with E-state index >= 15 is 0 Å². The van der Waals surface area contributed by atoms with Gasteiger partial charge in [-0.1, -0.05) is 0 Å². The van der Waals surface area contributed by atoms with Crippen LogP contribution in [0.25, 0.3) is 0 Å². The van der Waals surface area contributed by atoms with Crippen LogP contribution in [0.1, 0.15) is 6.42 Å². The number of hydrogen-bond acceptors (Lipinski definition) is 3. The number of aliphatic hydroxyl groups is 2. The predicted molar refractivity (Wildman–Crippen MR) is 36.6 cm³/mol. The van der Waals surface area contributed by atoms with Crippen LogP contribution in [0.5, 0.6) is 0 Å². The van der Waals surface area contributed by atoms with Crippen LogP contribution in [0.2, 0.25) is 0 Å². The summed E-state index contributed by atoms with van der Waals surface area (Å²) in [5, 5.41) is 19.9. The molecule has 0 spiro atoms. The molecule has 4 heteroatoms. The number of aliphatic hydroxyl groups excluding tert-OH is 2. The summed E-state index contributed by atoms with van der Waals surface area (Å²) in [7, 11) is 0. The fourth-order valence-electron chi connectivity index (χ4n) is 0.525. The van der Waals surface area contributed by atoms with Gasteiger partial charge in [-0.25, -0.2) is 0 Å². The van der Waals surface area contributed by atoms with Crippen LogP contribution >= 0.6 is 0 Å². The van der Waals surface area contributed by atoms with Crippen LogP contribution in [-0.2, 0) is 0 Å². The molecule has 0 aliphatic heterocycles. The third-order valence-electron chi connectivity index (χ3n) is 1.08. The molecule has 1 unspecified atom stereocenters. The first kappa shape index (κ1) is 9.81. The molecule has 0 aromatic rings. The molecule has 1 atom stereocenters. The van der Waals surface area contributed by atoms with Gasteiger partial charge < -0.3 is 15.5 Å². The number of alkyl halides is 1. The lowest BCUT2D eigenvalue weighted by Gasteiger charge is -2.06. The van der Waals surface area contributed by atoms with Gasteiger partial charge in [0.25, 0.3) is 0 Å². The third-order valence-corrected chi connectivity index (χ3v) is 1.08. The fourth-order valence-corrected chi connectivity index (χ4v) is 0.525. The Hall–Kier alpha value is -0.190. The van der Waals surface area contributed by atoms with Gasteiger partial charge in [0.2, 0.25) is 0 Å². The molecule has 10 heavy (non-hydrogen) atoms. The Bertz CT molecular complexity index is 72.8. The molecule has 0 aliphatic carbocycles. The summed E-state index contributed by atoms with van der Waals surface area (Å²) in [4.78, 5) is 0. The Kier molecular flexibility index (Phi) is 6.79. The largest absolute Gasteiger partial charge is 0.394 e. The summed E-state index contributed by atoms with van der Waals surface area (Å²) in [6.07, 6.45) is -0.266. The van der Waals surface area contributed by atoms with Crippen molar-refractivity contribution in [1.29, 1.82) is 0 Å². The first-order chi connectivity index (χ1) is 4.81. The molecule has 0 bridgehead atoms. The highest BCUT2D eigenvalue weighted by Gasteiger charge is 1.98. The normalized spacial score (nSPS) is 13.5. The fraction of sp³-hybridized carbons (Fsp3) is 1.00. The van der Waals surface area contributed by atoms with Crippen molar-refractivity contribution in [2.45, 2.75) is 12.5 Å². The molecule has 0 amide bonds. The monoisotopic (exact) mass is 151 g/mol. The van der Waals surface area contributed by atoms with Crippen molar-refractivity contribution >= 4 is 0 Å². The van der Waals surface area contributed by atoms with Gasteiger partial charge in [-0.3, -0.25) is 4.39 Å². The molecule has 0 fully saturated rings. The standard InChI is InChI=1S/C6H14FNO2/c7-2-1-3-8-4-6(10)5-9/h6,8-10H,1-5H2. The smallest absolute Gasteiger partial charge is 0.0906 e. The van der Waals surface area contributed by atoms with E-state index in [-0.39, 0.29) is 13.3 Å². The van der Waals surface area contributed by atoms with Crippen LogP contribution < -0.4 is 5.32 Å². The van der Waals surface area contributed by atoms with E-state index in [0.717, 1.165) is 0 Å². The van der Waals surface area contributed by atoms with Gasteiger partial charge in [-0.2, -0.15) is 0 Å². The van der Waals surface area contributed by atoms with Crippen LogP contribution in [0.4, 0.5) is 4.39 Å². The second-order valence-corrected chi connectivity index (χ2v) is 2.08. The van der Waals surface area contributed by atoms with E-state index < -0.39 is 6.10 Å². The molecule has 0 heterocycles. The van der Waals surface area contributed by atoms with Gasteiger partial charge in [-0.15, -0.1) is 0 Å². The molecule has 0 rings (SSSR count). The maximum atomic E-state index is 11.4. The lowest BCUT2D eigenvalue weighted by Crippen LogP contribution is -2.30. The SMILES string of the molecule is OCC(O)CNCCCF. The zero-order valence-corrected chi connectivity index (χ0v) is 5.89.